The summed E-state index contributed by atoms with van der Waals surface area (Å²) in [5, 5.41) is 12.0. The van der Waals surface area contributed by atoms with Gasteiger partial charge < -0.3 is 16.6 Å². The SMILES string of the molecule is Cc1c(Cl)cccc1CN=C(N)NC(=O)c1ccc(C[C@H](N)C(=O)O)cc1. The van der Waals surface area contributed by atoms with Crippen LogP contribution in [0.5, 0.6) is 0 Å². The number of hydrogen-bond acceptors (Lipinski definition) is 4. The standard InChI is InChI=1S/C19H21ClN4O3/c1-11-14(3-2-4-15(11)20)10-23-19(22)24-17(25)13-7-5-12(6-8-13)9-16(21)18(26)27/h2-8,16H,9-10,21H2,1H3,(H,26,27)(H3,22,23,24,25)/t16-/m0/s1. The highest BCUT2D eigenvalue weighted by Crippen LogP contribution is 2.19. The molecule has 0 bridgehead atoms. The molecule has 1 amide bonds. The lowest BCUT2D eigenvalue weighted by Gasteiger charge is -2.08. The van der Waals surface area contributed by atoms with Crippen LogP contribution in [0.4, 0.5) is 0 Å². The van der Waals surface area contributed by atoms with Gasteiger partial charge in [-0.25, -0.2) is 4.99 Å². The Morgan fingerprint density at radius 3 is 2.52 bits per heavy atom. The molecule has 27 heavy (non-hydrogen) atoms. The fourth-order valence-electron chi connectivity index (χ4n) is 2.36. The summed E-state index contributed by atoms with van der Waals surface area (Å²) in [6, 6.07) is 11.0. The molecule has 0 aliphatic carbocycles. The zero-order chi connectivity index (χ0) is 20.0. The van der Waals surface area contributed by atoms with Gasteiger partial charge in [-0.3, -0.25) is 14.9 Å². The number of aliphatic imine (C=N–C) groups is 1. The van der Waals surface area contributed by atoms with Gasteiger partial charge in [0.05, 0.1) is 6.54 Å². The molecule has 0 fully saturated rings. The van der Waals surface area contributed by atoms with Gasteiger partial charge in [-0.1, -0.05) is 35.9 Å². The second kappa shape index (κ2) is 9.16. The molecule has 142 valence electrons. The molecule has 0 radical (unpaired) electrons. The third-order valence-corrected chi connectivity index (χ3v) is 4.44. The van der Waals surface area contributed by atoms with E-state index in [9.17, 15) is 9.59 Å². The van der Waals surface area contributed by atoms with Gasteiger partial charge in [0.1, 0.15) is 6.04 Å². The molecule has 0 heterocycles. The quantitative estimate of drug-likeness (QED) is 0.443. The van der Waals surface area contributed by atoms with Gasteiger partial charge in [0, 0.05) is 10.6 Å². The number of carbonyl (C=O) groups is 2. The molecule has 8 heteroatoms. The number of nitrogens with two attached hydrogens (primary N) is 2. The van der Waals surface area contributed by atoms with Crippen LogP contribution >= 0.6 is 11.6 Å². The number of guanidine groups is 1. The van der Waals surface area contributed by atoms with Crippen LogP contribution < -0.4 is 16.8 Å². The lowest BCUT2D eigenvalue weighted by atomic mass is 10.0. The summed E-state index contributed by atoms with van der Waals surface area (Å²) in [6.45, 7) is 2.18. The average Bonchev–Trinajstić information content (AvgIpc) is 2.63. The molecule has 1 atom stereocenters. The van der Waals surface area contributed by atoms with Crippen molar-refractivity contribution in [2.75, 3.05) is 0 Å². The van der Waals surface area contributed by atoms with E-state index in [1.165, 1.54) is 0 Å². The summed E-state index contributed by atoms with van der Waals surface area (Å²) in [4.78, 5) is 27.2. The predicted octanol–water partition coefficient (Wildman–Crippen LogP) is 1.85. The Kier molecular flexibility index (Phi) is 6.92. The Hall–Kier alpha value is -2.90. The number of carboxylic acids is 1. The van der Waals surface area contributed by atoms with Crippen molar-refractivity contribution in [1.29, 1.82) is 0 Å². The fourth-order valence-corrected chi connectivity index (χ4v) is 2.55. The fraction of sp³-hybridized carbons (Fsp3) is 0.211. The van der Waals surface area contributed by atoms with Crippen molar-refractivity contribution >= 4 is 29.4 Å². The van der Waals surface area contributed by atoms with Crippen molar-refractivity contribution in [3.8, 4) is 0 Å². The number of nitrogens with zero attached hydrogens (tertiary/aromatic N) is 1. The van der Waals surface area contributed by atoms with Crippen LogP contribution in [-0.4, -0.2) is 29.0 Å². The van der Waals surface area contributed by atoms with Gasteiger partial charge in [-0.15, -0.1) is 0 Å². The Morgan fingerprint density at radius 1 is 1.22 bits per heavy atom. The van der Waals surface area contributed by atoms with E-state index >= 15 is 0 Å². The van der Waals surface area contributed by atoms with E-state index in [1.807, 2.05) is 19.1 Å². The number of nitrogens with one attached hydrogen (secondary N) is 1. The lowest BCUT2D eigenvalue weighted by Crippen LogP contribution is -2.36. The third kappa shape index (κ3) is 5.80. The summed E-state index contributed by atoms with van der Waals surface area (Å²) < 4.78 is 0. The largest absolute Gasteiger partial charge is 0.480 e. The first-order valence-electron chi connectivity index (χ1n) is 8.20. The number of amides is 1. The van der Waals surface area contributed by atoms with Crippen LogP contribution in [0.1, 0.15) is 27.0 Å². The Morgan fingerprint density at radius 2 is 1.89 bits per heavy atom. The summed E-state index contributed by atoms with van der Waals surface area (Å²) >= 11 is 6.07. The first-order chi connectivity index (χ1) is 12.8. The monoisotopic (exact) mass is 388 g/mol. The smallest absolute Gasteiger partial charge is 0.320 e. The minimum atomic E-state index is -1.07. The van der Waals surface area contributed by atoms with E-state index in [1.54, 1.807) is 30.3 Å². The highest BCUT2D eigenvalue weighted by Gasteiger charge is 2.13. The molecule has 6 N–H and O–H groups in total. The third-order valence-electron chi connectivity index (χ3n) is 4.03. The first-order valence-corrected chi connectivity index (χ1v) is 8.58. The number of rotatable bonds is 6. The molecule has 2 rings (SSSR count). The minimum absolute atomic E-state index is 0.00338. The second-order valence-corrected chi connectivity index (χ2v) is 6.43. The minimum Gasteiger partial charge on any atom is -0.480 e. The molecule has 0 unspecified atom stereocenters. The number of carboxylic acid groups (broad SMARTS) is 1. The zero-order valence-corrected chi connectivity index (χ0v) is 15.5. The molecular formula is C19H21ClN4O3. The maximum absolute atomic E-state index is 12.2. The van der Waals surface area contributed by atoms with Crippen molar-refractivity contribution in [1.82, 2.24) is 5.32 Å². The molecule has 0 aliphatic heterocycles. The van der Waals surface area contributed by atoms with Crippen molar-refractivity contribution in [2.24, 2.45) is 16.5 Å². The van der Waals surface area contributed by atoms with Gasteiger partial charge in [-0.2, -0.15) is 0 Å². The number of halogens is 1. The van der Waals surface area contributed by atoms with E-state index in [-0.39, 0.29) is 12.4 Å². The van der Waals surface area contributed by atoms with Crippen LogP contribution in [0.15, 0.2) is 47.5 Å². The summed E-state index contributed by atoms with van der Waals surface area (Å²) in [5.74, 6) is -1.49. The van der Waals surface area contributed by atoms with Crippen molar-refractivity contribution in [3.63, 3.8) is 0 Å². The normalized spacial score (nSPS) is 12.5. The van der Waals surface area contributed by atoms with E-state index in [2.05, 4.69) is 10.3 Å². The average molecular weight is 389 g/mol. The topological polar surface area (TPSA) is 131 Å². The van der Waals surface area contributed by atoms with Crippen molar-refractivity contribution in [3.05, 3.63) is 69.7 Å². The molecule has 7 nitrogen and oxygen atoms in total. The summed E-state index contributed by atoms with van der Waals surface area (Å²) in [6.07, 6.45) is 0.180. The number of benzene rings is 2. The predicted molar refractivity (Wildman–Crippen MR) is 105 cm³/mol. The molecule has 0 aliphatic rings. The van der Waals surface area contributed by atoms with E-state index in [0.717, 1.165) is 16.7 Å². The van der Waals surface area contributed by atoms with Crippen LogP contribution in [0.3, 0.4) is 0 Å². The Balaban J connectivity index is 1.97. The summed E-state index contributed by atoms with van der Waals surface area (Å²) in [7, 11) is 0. The van der Waals surface area contributed by atoms with Crippen LogP contribution in [0.2, 0.25) is 5.02 Å². The van der Waals surface area contributed by atoms with Gasteiger partial charge in [-0.05, 0) is 48.2 Å². The number of hydrogen-bond donors (Lipinski definition) is 4. The van der Waals surface area contributed by atoms with Crippen molar-refractivity contribution in [2.45, 2.75) is 25.9 Å². The van der Waals surface area contributed by atoms with E-state index in [0.29, 0.717) is 17.1 Å². The van der Waals surface area contributed by atoms with Gasteiger partial charge in [0.2, 0.25) is 0 Å². The highest BCUT2D eigenvalue weighted by atomic mass is 35.5. The molecule has 2 aromatic carbocycles. The van der Waals surface area contributed by atoms with Gasteiger partial charge in [0.25, 0.3) is 5.91 Å². The molecule has 0 aromatic heterocycles. The van der Waals surface area contributed by atoms with Gasteiger partial charge in [0.15, 0.2) is 5.96 Å². The molecule has 0 saturated carbocycles. The number of carbonyl (C=O) groups excluding carboxylic acids is 1. The van der Waals surface area contributed by atoms with Crippen LogP contribution in [0, 0.1) is 6.92 Å². The van der Waals surface area contributed by atoms with Crippen LogP contribution in [-0.2, 0) is 17.8 Å². The summed E-state index contributed by atoms with van der Waals surface area (Å²) in [5.41, 5.74) is 14.2. The highest BCUT2D eigenvalue weighted by molar-refractivity contribution is 6.31. The first kappa shape index (κ1) is 20.4. The molecule has 0 spiro atoms. The van der Waals surface area contributed by atoms with E-state index < -0.39 is 17.9 Å². The Labute approximate surface area is 162 Å². The lowest BCUT2D eigenvalue weighted by molar-refractivity contribution is -0.138. The molecule has 0 saturated heterocycles. The molecule has 2 aromatic rings. The van der Waals surface area contributed by atoms with E-state index in [4.69, 9.17) is 28.2 Å². The zero-order valence-electron chi connectivity index (χ0n) is 14.8. The van der Waals surface area contributed by atoms with Crippen molar-refractivity contribution < 1.29 is 14.7 Å². The Bertz CT molecular complexity index is 866. The maximum Gasteiger partial charge on any atom is 0.320 e. The molecular weight excluding hydrogens is 368 g/mol. The van der Waals surface area contributed by atoms with Crippen LogP contribution in [0.25, 0.3) is 0 Å². The van der Waals surface area contributed by atoms with Gasteiger partial charge >= 0.3 is 5.97 Å². The maximum atomic E-state index is 12.2. The number of aliphatic carboxylic acids is 1. The second-order valence-electron chi connectivity index (χ2n) is 6.03.